The lowest BCUT2D eigenvalue weighted by Crippen LogP contribution is -2.53. The van der Waals surface area contributed by atoms with Crippen LogP contribution in [-0.2, 0) is 4.79 Å². The molecule has 6 nitrogen and oxygen atoms in total. The Morgan fingerprint density at radius 1 is 1.23 bits per heavy atom. The zero-order valence-corrected chi connectivity index (χ0v) is 17.9. The lowest BCUT2D eigenvalue weighted by Gasteiger charge is -2.36. The molecule has 1 saturated heterocycles. The molecular formula is C18H28FIN4O2. The van der Waals surface area contributed by atoms with Crippen molar-refractivity contribution in [3.63, 3.8) is 0 Å². The van der Waals surface area contributed by atoms with Gasteiger partial charge in [0.05, 0.1) is 6.54 Å². The van der Waals surface area contributed by atoms with Gasteiger partial charge in [0, 0.05) is 39.6 Å². The molecule has 2 rings (SSSR count). The van der Waals surface area contributed by atoms with Gasteiger partial charge in [0.1, 0.15) is 17.7 Å². The number of carbonyl (C=O) groups is 1. The van der Waals surface area contributed by atoms with Crippen molar-refractivity contribution in [1.82, 2.24) is 15.1 Å². The number of guanidine groups is 1. The molecule has 1 fully saturated rings. The van der Waals surface area contributed by atoms with Crippen LogP contribution >= 0.6 is 24.0 Å². The van der Waals surface area contributed by atoms with Crippen LogP contribution in [0.4, 0.5) is 4.39 Å². The molecule has 1 N–H and O–H groups in total. The summed E-state index contributed by atoms with van der Waals surface area (Å²) in [6.45, 7) is 9.78. The molecule has 0 saturated carbocycles. The first kappa shape index (κ1) is 22.5. The number of nitrogens with one attached hydrogen (secondary N) is 1. The highest BCUT2D eigenvalue weighted by Crippen LogP contribution is 2.13. The fourth-order valence-corrected chi connectivity index (χ4v) is 2.66. The van der Waals surface area contributed by atoms with Crippen LogP contribution < -0.4 is 10.1 Å². The van der Waals surface area contributed by atoms with Crippen LogP contribution in [0.5, 0.6) is 5.75 Å². The number of amides is 1. The predicted octanol–water partition coefficient (Wildman–Crippen LogP) is 2.34. The summed E-state index contributed by atoms with van der Waals surface area (Å²) in [6, 6.07) is 5.98. The number of hydrogen-bond acceptors (Lipinski definition) is 3. The van der Waals surface area contributed by atoms with Gasteiger partial charge >= 0.3 is 0 Å². The van der Waals surface area contributed by atoms with Crippen molar-refractivity contribution in [1.29, 1.82) is 0 Å². The number of ether oxygens (including phenoxy) is 1. The Morgan fingerprint density at radius 2 is 1.81 bits per heavy atom. The van der Waals surface area contributed by atoms with E-state index in [1.165, 1.54) is 12.1 Å². The molecule has 1 aromatic carbocycles. The number of rotatable bonds is 5. The summed E-state index contributed by atoms with van der Waals surface area (Å²) in [5.74, 6) is 1.30. The van der Waals surface area contributed by atoms with Crippen LogP contribution in [0.3, 0.4) is 0 Å². The van der Waals surface area contributed by atoms with E-state index < -0.39 is 0 Å². The van der Waals surface area contributed by atoms with Crippen LogP contribution in [0.15, 0.2) is 29.3 Å². The maximum absolute atomic E-state index is 12.9. The molecule has 146 valence electrons. The van der Waals surface area contributed by atoms with Gasteiger partial charge in [-0.3, -0.25) is 4.79 Å². The van der Waals surface area contributed by atoms with Gasteiger partial charge in [-0.15, -0.1) is 24.0 Å². The quantitative estimate of drug-likeness (QED) is 0.401. The normalized spacial score (nSPS) is 15.9. The molecule has 0 spiro atoms. The van der Waals surface area contributed by atoms with Crippen molar-refractivity contribution < 1.29 is 13.9 Å². The third-order valence-corrected chi connectivity index (χ3v) is 4.01. The first-order valence-electron chi connectivity index (χ1n) is 8.70. The van der Waals surface area contributed by atoms with Crippen molar-refractivity contribution in [2.45, 2.75) is 26.9 Å². The third-order valence-electron chi connectivity index (χ3n) is 4.01. The van der Waals surface area contributed by atoms with E-state index in [0.29, 0.717) is 25.4 Å². The summed E-state index contributed by atoms with van der Waals surface area (Å²) in [4.78, 5) is 20.1. The molecule has 1 unspecified atom stereocenters. The van der Waals surface area contributed by atoms with Crippen LogP contribution in [0, 0.1) is 5.82 Å². The molecule has 1 heterocycles. The van der Waals surface area contributed by atoms with Crippen LogP contribution in [0.25, 0.3) is 0 Å². The van der Waals surface area contributed by atoms with Crippen LogP contribution in [0.2, 0.25) is 0 Å². The monoisotopic (exact) mass is 478 g/mol. The molecule has 1 aliphatic rings. The number of nitrogens with zero attached hydrogens (tertiary/aromatic N) is 3. The van der Waals surface area contributed by atoms with Gasteiger partial charge in [-0.05, 0) is 38.1 Å². The smallest absolute Gasteiger partial charge is 0.219 e. The van der Waals surface area contributed by atoms with Crippen molar-refractivity contribution in [3.05, 3.63) is 30.1 Å². The van der Waals surface area contributed by atoms with Gasteiger partial charge in [-0.1, -0.05) is 0 Å². The van der Waals surface area contributed by atoms with Crippen LogP contribution in [-0.4, -0.2) is 67.0 Å². The van der Waals surface area contributed by atoms with Crippen LogP contribution in [0.1, 0.15) is 20.8 Å². The van der Waals surface area contributed by atoms with Gasteiger partial charge in [0.2, 0.25) is 5.91 Å². The molecular weight excluding hydrogens is 450 g/mol. The van der Waals surface area contributed by atoms with Crippen molar-refractivity contribution in [2.75, 3.05) is 39.3 Å². The topological polar surface area (TPSA) is 57.2 Å². The molecule has 1 atom stereocenters. The number of benzene rings is 1. The molecule has 0 aromatic heterocycles. The first-order valence-corrected chi connectivity index (χ1v) is 8.70. The number of carbonyl (C=O) groups excluding carboxylic acids is 1. The largest absolute Gasteiger partial charge is 0.489 e. The molecule has 1 aromatic rings. The summed E-state index contributed by atoms with van der Waals surface area (Å²) < 4.78 is 18.7. The van der Waals surface area contributed by atoms with E-state index in [2.05, 4.69) is 15.2 Å². The minimum absolute atomic E-state index is 0. The average Bonchev–Trinajstić information content (AvgIpc) is 2.60. The van der Waals surface area contributed by atoms with E-state index in [1.807, 2.05) is 18.7 Å². The molecule has 0 radical (unpaired) electrons. The highest BCUT2D eigenvalue weighted by molar-refractivity contribution is 14.0. The third kappa shape index (κ3) is 6.97. The van der Waals surface area contributed by atoms with Gasteiger partial charge in [0.25, 0.3) is 0 Å². The minimum Gasteiger partial charge on any atom is -0.489 e. The number of aliphatic imine (C=N–C) groups is 1. The Hall–Kier alpha value is -1.58. The summed E-state index contributed by atoms with van der Waals surface area (Å²) in [5.41, 5.74) is 0. The summed E-state index contributed by atoms with van der Waals surface area (Å²) in [5, 5.41) is 3.29. The average molecular weight is 478 g/mol. The number of piperazine rings is 1. The van der Waals surface area contributed by atoms with Gasteiger partial charge in [-0.25, -0.2) is 9.38 Å². The highest BCUT2D eigenvalue weighted by atomic mass is 127. The fourth-order valence-electron chi connectivity index (χ4n) is 2.66. The zero-order valence-electron chi connectivity index (χ0n) is 15.6. The maximum atomic E-state index is 12.9. The molecule has 0 bridgehead atoms. The van der Waals surface area contributed by atoms with E-state index in [1.54, 1.807) is 19.1 Å². The number of hydrogen-bond donors (Lipinski definition) is 1. The Kier molecular flexibility index (Phi) is 9.68. The lowest BCUT2D eigenvalue weighted by atomic mass is 10.3. The van der Waals surface area contributed by atoms with E-state index in [4.69, 9.17) is 4.74 Å². The fraction of sp³-hybridized carbons (Fsp3) is 0.556. The summed E-state index contributed by atoms with van der Waals surface area (Å²) >= 11 is 0. The maximum Gasteiger partial charge on any atom is 0.219 e. The minimum atomic E-state index is -0.280. The second kappa shape index (κ2) is 11.2. The summed E-state index contributed by atoms with van der Waals surface area (Å²) in [7, 11) is 0. The SMILES string of the molecule is CCNC(=NCC(C)Oc1ccc(F)cc1)N1CCN(C(C)=O)CC1.I. The molecule has 8 heteroatoms. The summed E-state index contributed by atoms with van der Waals surface area (Å²) in [6.07, 6.45) is -0.127. The van der Waals surface area contributed by atoms with Crippen molar-refractivity contribution in [2.24, 2.45) is 4.99 Å². The molecule has 26 heavy (non-hydrogen) atoms. The lowest BCUT2D eigenvalue weighted by molar-refractivity contribution is -0.130. The van der Waals surface area contributed by atoms with Gasteiger partial charge in [0.15, 0.2) is 5.96 Å². The van der Waals surface area contributed by atoms with Crippen molar-refractivity contribution in [3.8, 4) is 5.75 Å². The van der Waals surface area contributed by atoms with E-state index in [0.717, 1.165) is 25.6 Å². The zero-order chi connectivity index (χ0) is 18.2. The van der Waals surface area contributed by atoms with Gasteiger partial charge < -0.3 is 19.9 Å². The second-order valence-corrected chi connectivity index (χ2v) is 6.07. The predicted molar refractivity (Wildman–Crippen MR) is 112 cm³/mol. The molecule has 1 aliphatic heterocycles. The highest BCUT2D eigenvalue weighted by Gasteiger charge is 2.21. The van der Waals surface area contributed by atoms with E-state index in [9.17, 15) is 9.18 Å². The first-order chi connectivity index (χ1) is 12.0. The Bertz CT molecular complexity index is 589. The molecule has 0 aliphatic carbocycles. The Labute approximate surface area is 171 Å². The Balaban J connectivity index is 0.00000338. The molecule has 1 amide bonds. The number of halogens is 2. The van der Waals surface area contributed by atoms with Gasteiger partial charge in [-0.2, -0.15) is 0 Å². The van der Waals surface area contributed by atoms with E-state index in [-0.39, 0.29) is 41.8 Å². The van der Waals surface area contributed by atoms with Crippen molar-refractivity contribution >= 4 is 35.8 Å². The standard InChI is InChI=1S/C18H27FN4O2.HI/c1-4-20-18(23-11-9-22(10-12-23)15(3)24)21-13-14(2)25-17-7-5-16(19)6-8-17;/h5-8,14H,4,9-13H2,1-3H3,(H,20,21);1H. The van der Waals surface area contributed by atoms with E-state index >= 15 is 0 Å². The Morgan fingerprint density at radius 3 is 2.35 bits per heavy atom. The second-order valence-electron chi connectivity index (χ2n) is 6.07.